The number of amides is 1. The highest BCUT2D eigenvalue weighted by Crippen LogP contribution is 2.09. The van der Waals surface area contributed by atoms with Gasteiger partial charge in [-0.1, -0.05) is 13.8 Å². The van der Waals surface area contributed by atoms with Crippen molar-refractivity contribution in [3.63, 3.8) is 0 Å². The summed E-state index contributed by atoms with van der Waals surface area (Å²) in [5.74, 6) is -0.0849. The van der Waals surface area contributed by atoms with Crippen LogP contribution in [0.4, 0.5) is 4.79 Å². The zero-order valence-electron chi connectivity index (χ0n) is 12.8. The van der Waals surface area contributed by atoms with E-state index in [-0.39, 0.29) is 16.8 Å². The van der Waals surface area contributed by atoms with Gasteiger partial charge < -0.3 is 9.64 Å². The molecule has 0 unspecified atom stereocenters. The molecule has 0 fully saturated rings. The van der Waals surface area contributed by atoms with Crippen LogP contribution >= 0.6 is 0 Å². The van der Waals surface area contributed by atoms with Gasteiger partial charge in [-0.25, -0.2) is 18.2 Å². The third-order valence-corrected chi connectivity index (χ3v) is 4.56. The average Bonchev–Trinajstić information content (AvgIpc) is 2.88. The Morgan fingerprint density at radius 2 is 2.14 bits per heavy atom. The van der Waals surface area contributed by atoms with Crippen LogP contribution in [-0.4, -0.2) is 66.7 Å². The molecule has 0 aliphatic rings. The fourth-order valence-corrected chi connectivity index (χ4v) is 3.18. The molecule has 9 heteroatoms. The quantitative estimate of drug-likeness (QED) is 0.732. The summed E-state index contributed by atoms with van der Waals surface area (Å²) in [7, 11) is -2.01. The summed E-state index contributed by atoms with van der Waals surface area (Å²) in [4.78, 5) is 17.4. The molecule has 8 nitrogen and oxygen atoms in total. The molecule has 1 aromatic heterocycles. The normalized spacial score (nSPS) is 11.9. The zero-order chi connectivity index (χ0) is 16.0. The Labute approximate surface area is 125 Å². The number of sulfone groups is 1. The van der Waals surface area contributed by atoms with E-state index in [1.807, 2.05) is 6.92 Å². The van der Waals surface area contributed by atoms with Crippen LogP contribution in [-0.2, 0) is 14.6 Å². The van der Waals surface area contributed by atoms with Crippen LogP contribution in [0.15, 0.2) is 11.5 Å². The molecule has 0 atom stereocenters. The van der Waals surface area contributed by atoms with Crippen molar-refractivity contribution in [1.29, 1.82) is 0 Å². The molecule has 0 saturated carbocycles. The molecule has 0 aromatic carbocycles. The number of nitrogens with zero attached hydrogens (tertiary/aromatic N) is 4. The first-order valence-electron chi connectivity index (χ1n) is 6.74. The van der Waals surface area contributed by atoms with Crippen molar-refractivity contribution in [2.45, 2.75) is 25.9 Å². The van der Waals surface area contributed by atoms with E-state index in [2.05, 4.69) is 10.1 Å². The molecule has 0 bridgehead atoms. The van der Waals surface area contributed by atoms with Crippen LogP contribution in [0.1, 0.15) is 20.8 Å². The van der Waals surface area contributed by atoms with Gasteiger partial charge in [0.15, 0.2) is 0 Å². The maximum absolute atomic E-state index is 12.2. The highest BCUT2D eigenvalue weighted by atomic mass is 32.2. The van der Waals surface area contributed by atoms with Crippen molar-refractivity contribution in [2.75, 3.05) is 32.6 Å². The predicted octanol–water partition coefficient (Wildman–Crippen LogP) is 0.644. The first-order valence-corrected chi connectivity index (χ1v) is 8.39. The number of methoxy groups -OCH3 is 1. The standard InChI is InChI=1S/C12H22N4O4S/c1-5-15(6-7-20-4)12(17)16-9-13-11(14-16)21(18,19)8-10(2)3/h9-10H,5-8H2,1-4H3. The Morgan fingerprint density at radius 3 is 2.67 bits per heavy atom. The Balaban J connectivity index is 2.89. The SMILES string of the molecule is CCN(CCOC)C(=O)n1cnc(S(=O)(=O)CC(C)C)n1. The highest BCUT2D eigenvalue weighted by Gasteiger charge is 2.23. The van der Waals surface area contributed by atoms with E-state index in [0.717, 1.165) is 11.0 Å². The van der Waals surface area contributed by atoms with Gasteiger partial charge in [-0.05, 0) is 12.8 Å². The maximum atomic E-state index is 12.2. The van der Waals surface area contributed by atoms with Gasteiger partial charge in [0.2, 0.25) is 9.84 Å². The summed E-state index contributed by atoms with van der Waals surface area (Å²) in [6.07, 6.45) is 1.13. The lowest BCUT2D eigenvalue weighted by Gasteiger charge is -2.19. The van der Waals surface area contributed by atoms with E-state index in [9.17, 15) is 13.2 Å². The van der Waals surface area contributed by atoms with Crippen LogP contribution in [0, 0.1) is 5.92 Å². The van der Waals surface area contributed by atoms with Crippen LogP contribution < -0.4 is 0 Å². The number of hydrogen-bond donors (Lipinski definition) is 0. The Morgan fingerprint density at radius 1 is 1.48 bits per heavy atom. The van der Waals surface area contributed by atoms with E-state index >= 15 is 0 Å². The van der Waals surface area contributed by atoms with Gasteiger partial charge in [0.1, 0.15) is 6.33 Å². The highest BCUT2D eigenvalue weighted by molar-refractivity contribution is 7.91. The maximum Gasteiger partial charge on any atom is 0.346 e. The molecule has 1 rings (SSSR count). The lowest BCUT2D eigenvalue weighted by atomic mass is 10.3. The van der Waals surface area contributed by atoms with E-state index in [1.165, 1.54) is 4.90 Å². The van der Waals surface area contributed by atoms with Crippen LogP contribution in [0.25, 0.3) is 0 Å². The van der Waals surface area contributed by atoms with Gasteiger partial charge in [0.25, 0.3) is 5.16 Å². The molecular weight excluding hydrogens is 296 g/mol. The second-order valence-corrected chi connectivity index (χ2v) is 6.93. The van der Waals surface area contributed by atoms with Gasteiger partial charge in [-0.2, -0.15) is 4.68 Å². The van der Waals surface area contributed by atoms with E-state index < -0.39 is 15.9 Å². The summed E-state index contributed by atoms with van der Waals surface area (Å²) in [5, 5.41) is 3.48. The second-order valence-electron chi connectivity index (χ2n) is 5.00. The third kappa shape index (κ3) is 4.78. The summed E-state index contributed by atoms with van der Waals surface area (Å²) >= 11 is 0. The number of carbonyl (C=O) groups excluding carboxylic acids is 1. The minimum Gasteiger partial charge on any atom is -0.383 e. The molecule has 0 radical (unpaired) electrons. The van der Waals surface area contributed by atoms with Crippen LogP contribution in [0.5, 0.6) is 0 Å². The zero-order valence-corrected chi connectivity index (χ0v) is 13.6. The molecule has 21 heavy (non-hydrogen) atoms. The average molecular weight is 318 g/mol. The third-order valence-electron chi connectivity index (χ3n) is 2.72. The minimum absolute atomic E-state index is 0.0357. The molecular formula is C12H22N4O4S. The van der Waals surface area contributed by atoms with Gasteiger partial charge >= 0.3 is 6.03 Å². The molecule has 0 spiro atoms. The Hall–Kier alpha value is -1.48. The minimum atomic E-state index is -3.56. The van der Waals surface area contributed by atoms with Gasteiger partial charge in [0, 0.05) is 20.2 Å². The number of rotatable bonds is 7. The van der Waals surface area contributed by atoms with Crippen LogP contribution in [0.2, 0.25) is 0 Å². The molecule has 0 aliphatic heterocycles. The number of carbonyl (C=O) groups is 1. The lowest BCUT2D eigenvalue weighted by molar-refractivity contribution is 0.150. The van der Waals surface area contributed by atoms with Gasteiger partial charge in [-0.15, -0.1) is 5.10 Å². The largest absolute Gasteiger partial charge is 0.383 e. The predicted molar refractivity (Wildman–Crippen MR) is 76.8 cm³/mol. The second kappa shape index (κ2) is 7.51. The molecule has 1 aromatic rings. The van der Waals surface area contributed by atoms with Crippen LogP contribution in [0.3, 0.4) is 0 Å². The van der Waals surface area contributed by atoms with Crippen molar-refractivity contribution >= 4 is 15.9 Å². The van der Waals surface area contributed by atoms with E-state index in [1.54, 1.807) is 21.0 Å². The first kappa shape index (κ1) is 17.6. The summed E-state index contributed by atoms with van der Waals surface area (Å²) in [5.41, 5.74) is 0. The van der Waals surface area contributed by atoms with Gasteiger partial charge in [0.05, 0.1) is 12.4 Å². The van der Waals surface area contributed by atoms with E-state index in [4.69, 9.17) is 4.74 Å². The monoisotopic (exact) mass is 318 g/mol. The van der Waals surface area contributed by atoms with Gasteiger partial charge in [-0.3, -0.25) is 0 Å². The molecule has 120 valence electrons. The van der Waals surface area contributed by atoms with Crippen molar-refractivity contribution in [2.24, 2.45) is 5.92 Å². The van der Waals surface area contributed by atoms with Crippen molar-refractivity contribution < 1.29 is 17.9 Å². The lowest BCUT2D eigenvalue weighted by Crippen LogP contribution is -2.37. The number of likely N-dealkylation sites (N-methyl/N-ethyl adjacent to an activating group) is 1. The van der Waals surface area contributed by atoms with Crippen molar-refractivity contribution in [1.82, 2.24) is 19.7 Å². The number of hydrogen-bond acceptors (Lipinski definition) is 6. The topological polar surface area (TPSA) is 94.4 Å². The Kier molecular flexibility index (Phi) is 6.28. The fraction of sp³-hybridized carbons (Fsp3) is 0.750. The molecule has 0 saturated heterocycles. The summed E-state index contributed by atoms with van der Waals surface area (Å²) < 4.78 is 29.9. The molecule has 0 aliphatic carbocycles. The van der Waals surface area contributed by atoms with E-state index in [0.29, 0.717) is 19.7 Å². The number of ether oxygens (including phenoxy) is 1. The fourth-order valence-electron chi connectivity index (χ4n) is 1.73. The Bertz CT molecular complexity index is 568. The van der Waals surface area contributed by atoms with Crippen molar-refractivity contribution in [3.8, 4) is 0 Å². The summed E-state index contributed by atoms with van der Waals surface area (Å²) in [6.45, 7) is 6.68. The summed E-state index contributed by atoms with van der Waals surface area (Å²) in [6, 6.07) is -0.423. The molecule has 1 heterocycles. The molecule has 0 N–H and O–H groups in total. The van der Waals surface area contributed by atoms with Crippen molar-refractivity contribution in [3.05, 3.63) is 6.33 Å². The first-order chi connectivity index (χ1) is 9.81. The smallest absolute Gasteiger partial charge is 0.346 e. The molecule has 1 amide bonds. The number of aromatic nitrogens is 3.